The fourth-order valence-electron chi connectivity index (χ4n) is 20.7. The van der Waals surface area contributed by atoms with Gasteiger partial charge in [-0.15, -0.1) is 0 Å². The summed E-state index contributed by atoms with van der Waals surface area (Å²) in [5, 5.41) is 3.63. The van der Waals surface area contributed by atoms with Crippen molar-refractivity contribution in [2.24, 2.45) is 58.4 Å². The maximum absolute atomic E-state index is 14.9. The number of hydrogen-bond donors (Lipinski definition) is 0. The molecule has 0 aliphatic carbocycles. The third-order valence-corrected chi connectivity index (χ3v) is 27.9. The van der Waals surface area contributed by atoms with Crippen LogP contribution in [-0.2, 0) is 114 Å². The van der Waals surface area contributed by atoms with E-state index in [-0.39, 0.29) is 99.3 Å². The molecule has 8 heterocycles. The lowest BCUT2D eigenvalue weighted by molar-refractivity contribution is -0.315. The topological polar surface area (TPSA) is 379 Å². The molecule has 125 heavy (non-hydrogen) atoms. The molecule has 1 amide bonds. The van der Waals surface area contributed by atoms with Crippen molar-refractivity contribution in [1.29, 1.82) is 0 Å². The van der Waals surface area contributed by atoms with Crippen LogP contribution in [0.4, 0.5) is 9.59 Å². The van der Waals surface area contributed by atoms with Crippen LogP contribution in [0.2, 0.25) is 0 Å². The van der Waals surface area contributed by atoms with E-state index in [1.165, 1.54) is 44.2 Å². The van der Waals surface area contributed by atoms with Crippen LogP contribution < -0.4 is 0 Å². The molecular formula is C91H152N8O26. The number of amides is 1. The van der Waals surface area contributed by atoms with Gasteiger partial charge < -0.3 is 100.0 Å². The van der Waals surface area contributed by atoms with Crippen LogP contribution in [0.5, 0.6) is 0 Å². The SMILES string of the molecule is CC[C@H]1OC(=O)[C@H](C)[C@@H](OC2C[C@@](C)(OC)[C@@H](OC(C)=O)[C@H](C)O2)[C@H](C)[C@@H](OC2O[C@H](C)C[C@H](N(C)C)[C@H]2C)[C@@](C)(OC)C[C@@H](C)C(=O)/C(C)=C/[C@]1(C)OC(=O)n1ccnc1.CC[C@H]1OC(=O)[C@H](C)[C@@H](OC2C[C@@](C)(OC)[C@@H](OC(C)=O)[C@H](C)O2)[C@H](C)[C@@H](OC2O[C@H](C)C[C@H](N(C)C)[C@H]2C)[C@@](C)(OC)C[C@@H](C)C(=O)[C@H](C)[C@H]2N(CCCCN=[N+]=[N-])C(=O)O[C@]12C. The lowest BCUT2D eigenvalue weighted by atomic mass is 9.73. The van der Waals surface area contributed by atoms with Crippen molar-refractivity contribution in [3.05, 3.63) is 40.8 Å². The number of unbranched alkanes of at least 4 members (excludes halogenated alkanes) is 1. The number of nitrogens with zero attached hydrogens (tertiary/aromatic N) is 8. The van der Waals surface area contributed by atoms with Gasteiger partial charge in [0.1, 0.15) is 35.5 Å². The summed E-state index contributed by atoms with van der Waals surface area (Å²) in [5.74, 6) is -7.95. The highest BCUT2D eigenvalue weighted by atomic mass is 16.7. The summed E-state index contributed by atoms with van der Waals surface area (Å²) in [6, 6.07) is -0.540. The summed E-state index contributed by atoms with van der Waals surface area (Å²) in [6.07, 6.45) is -3.77. The number of allylic oxidation sites excluding steroid dienone is 1. The summed E-state index contributed by atoms with van der Waals surface area (Å²) in [5.41, 5.74) is 1.74. The van der Waals surface area contributed by atoms with Crippen molar-refractivity contribution in [2.75, 3.05) is 69.7 Å². The monoisotopic (exact) mass is 1770 g/mol. The molecule has 34 heteroatoms. The summed E-state index contributed by atoms with van der Waals surface area (Å²) < 4.78 is 117. The number of Topliss-reactive ketones (excluding diaryl/α,β-unsaturated/α-hetero) is 2. The maximum Gasteiger partial charge on any atom is 0.420 e. The fraction of sp³-hybridized carbons (Fsp3) is 0.857. The highest BCUT2D eigenvalue weighted by Gasteiger charge is 2.62. The number of imidazole rings is 1. The van der Waals surface area contributed by atoms with Gasteiger partial charge in [-0.25, -0.2) is 19.1 Å². The first-order valence-electron chi connectivity index (χ1n) is 44.9. The van der Waals surface area contributed by atoms with Crippen molar-refractivity contribution < 1.29 is 124 Å². The fourth-order valence-corrected chi connectivity index (χ4v) is 20.7. The van der Waals surface area contributed by atoms with E-state index < -0.39 is 203 Å². The maximum atomic E-state index is 14.9. The van der Waals surface area contributed by atoms with E-state index in [0.29, 0.717) is 18.4 Å². The molecule has 0 bridgehead atoms. The molecule has 712 valence electrons. The molecule has 6 saturated heterocycles. The Morgan fingerprint density at radius 2 is 1.01 bits per heavy atom. The Morgan fingerprint density at radius 1 is 0.576 bits per heavy atom. The van der Waals surface area contributed by atoms with Crippen LogP contribution in [0, 0.1) is 53.3 Å². The van der Waals surface area contributed by atoms with Gasteiger partial charge in [0.05, 0.1) is 77.9 Å². The number of rotatable bonds is 24. The van der Waals surface area contributed by atoms with Gasteiger partial charge in [0, 0.05) is 139 Å². The Kier molecular flexibility index (Phi) is 37.6. The third-order valence-electron chi connectivity index (χ3n) is 27.9. The van der Waals surface area contributed by atoms with Gasteiger partial charge in [0.25, 0.3) is 0 Å². The molecule has 7 aliphatic rings. The number of carbonyl (C=O) groups excluding carboxylic acids is 8. The lowest BCUT2D eigenvalue weighted by Crippen LogP contribution is -2.61. The Hall–Kier alpha value is -6.34. The second-order valence-corrected chi connectivity index (χ2v) is 38.2. The smallest absolute Gasteiger partial charge is 0.420 e. The van der Waals surface area contributed by atoms with Crippen LogP contribution >= 0.6 is 0 Å². The van der Waals surface area contributed by atoms with Crippen LogP contribution in [0.15, 0.2) is 35.5 Å². The number of ketones is 2. The zero-order chi connectivity index (χ0) is 93.8. The first-order chi connectivity index (χ1) is 58.4. The van der Waals surface area contributed by atoms with E-state index in [1.807, 2.05) is 111 Å². The Bertz CT molecular complexity index is 3830. The quantitative estimate of drug-likeness (QED) is 0.0232. The summed E-state index contributed by atoms with van der Waals surface area (Å²) in [7, 11) is 14.4. The summed E-state index contributed by atoms with van der Waals surface area (Å²) in [4.78, 5) is 123. The number of carbonyl (C=O) groups is 8. The Morgan fingerprint density at radius 3 is 1.41 bits per heavy atom. The van der Waals surface area contributed by atoms with Gasteiger partial charge in [-0.1, -0.05) is 67.4 Å². The van der Waals surface area contributed by atoms with Crippen LogP contribution in [0.1, 0.15) is 230 Å². The number of aromatic nitrogens is 2. The predicted molar refractivity (Wildman–Crippen MR) is 460 cm³/mol. The summed E-state index contributed by atoms with van der Waals surface area (Å²) >= 11 is 0. The van der Waals surface area contributed by atoms with E-state index in [0.717, 1.165) is 12.8 Å². The van der Waals surface area contributed by atoms with Crippen LogP contribution in [-0.4, -0.2) is 292 Å². The highest BCUT2D eigenvalue weighted by molar-refractivity contribution is 5.96. The van der Waals surface area contributed by atoms with E-state index in [2.05, 4.69) is 38.7 Å². The molecule has 1 aromatic heterocycles. The Labute approximate surface area is 741 Å². The van der Waals surface area contributed by atoms with Crippen LogP contribution in [0.3, 0.4) is 0 Å². The molecule has 1 aromatic rings. The first kappa shape index (κ1) is 106. The molecule has 0 saturated carbocycles. The number of methoxy groups -OCH3 is 4. The number of ether oxygens (including phenoxy) is 18. The lowest BCUT2D eigenvalue weighted by Gasteiger charge is -2.50. The molecule has 7 aliphatic heterocycles. The average Bonchev–Trinajstić information content (AvgIpc) is 1.60. The third kappa shape index (κ3) is 24.7. The second-order valence-electron chi connectivity index (χ2n) is 38.2. The molecule has 0 aromatic carbocycles. The van der Waals surface area contributed by atoms with E-state index in [1.54, 1.807) is 87.7 Å². The van der Waals surface area contributed by atoms with Gasteiger partial charge in [-0.05, 0) is 187 Å². The molecule has 4 unspecified atom stereocenters. The normalized spacial score (nSPS) is 42.1. The zero-order valence-electron chi connectivity index (χ0n) is 80.7. The van der Waals surface area contributed by atoms with Crippen molar-refractivity contribution >= 4 is 47.6 Å². The van der Waals surface area contributed by atoms with Gasteiger partial charge in [-0.2, -0.15) is 0 Å². The minimum absolute atomic E-state index is 0.0743. The number of esters is 4. The zero-order valence-corrected chi connectivity index (χ0v) is 80.7. The molecular weight excluding hydrogens is 1620 g/mol. The van der Waals surface area contributed by atoms with Gasteiger partial charge in [-0.3, -0.25) is 28.8 Å². The van der Waals surface area contributed by atoms with Crippen LogP contribution in [0.25, 0.3) is 10.4 Å². The van der Waals surface area contributed by atoms with Gasteiger partial charge in [0.2, 0.25) is 0 Å². The van der Waals surface area contributed by atoms with E-state index in [9.17, 15) is 38.4 Å². The molecule has 34 nitrogen and oxygen atoms in total. The van der Waals surface area contributed by atoms with Crippen molar-refractivity contribution in [3.8, 4) is 0 Å². The molecule has 34 atom stereocenters. The van der Waals surface area contributed by atoms with Crippen molar-refractivity contribution in [1.82, 2.24) is 24.3 Å². The number of cyclic esters (lactones) is 2. The number of fused-ring (bicyclic) bond motifs is 1. The Balaban J connectivity index is 0.000000344. The van der Waals surface area contributed by atoms with E-state index >= 15 is 0 Å². The number of hydrogen-bond acceptors (Lipinski definition) is 30. The largest absolute Gasteiger partial charge is 0.458 e. The second kappa shape index (κ2) is 44.5. The summed E-state index contributed by atoms with van der Waals surface area (Å²) in [6.45, 7) is 43.9. The van der Waals surface area contributed by atoms with E-state index in [4.69, 9.17) is 90.8 Å². The molecule has 0 N–H and O–H groups in total. The highest BCUT2D eigenvalue weighted by Crippen LogP contribution is 2.48. The van der Waals surface area contributed by atoms with Crippen molar-refractivity contribution in [2.45, 2.75) is 381 Å². The molecule has 8 rings (SSSR count). The molecule has 0 radical (unpaired) electrons. The average molecular weight is 1770 g/mol. The molecule has 0 spiro atoms. The van der Waals surface area contributed by atoms with Gasteiger partial charge >= 0.3 is 36.1 Å². The predicted octanol–water partition coefficient (Wildman–Crippen LogP) is 13.0. The first-order valence-corrected chi connectivity index (χ1v) is 44.9. The standard InChI is InChI=1S/C46H79N5O13.C45H73N3O13/c1-17-34-46(12)38(51(43(55)64-46)21-19-18-20-48-49-47)28(5)36(53)25(2)23-44(10,56-15)39(63-42-27(4)33(50(13)14)22-26(3)58-42)29(6)37(30(7)41(54)61-34)62-35-24-45(11,57-16)40(31(8)59-35)60-32(9)52;1-17-34-43(10,61-42(52)48-19-18-46-24-48)21-25(2)36(50)26(3)22-44(11,53-15)38(60-41-28(5)33(47(13)14)20-27(4)55-41)29(6)37(30(7)40(51)58-34)59-35-23-45(12,54-16)39(31(8)56-35)57-32(9)49/h25-31,33-35,37-40,42H,17-24H2,1-16H3;18-19,21,24,26-31,33-35,37-39,41H,17,20,22-23H2,1-16H3/b;25-21+/t25-,26-,27-,28+,29+,30-,31+,33+,34-,35?,37+,38-,39-,40+,42?,44+,45-,46-;26-,27-,28-,29+,30-,31+,33+,34-,35?,37+,38-,39+,41?,43+,44+,45-/m11/s1. The van der Waals surface area contributed by atoms with Gasteiger partial charge in [0.15, 0.2) is 54.4 Å². The number of azide groups is 1. The molecule has 6 fully saturated rings. The minimum atomic E-state index is -1.59. The minimum Gasteiger partial charge on any atom is -0.458 e. The van der Waals surface area contributed by atoms with Crippen molar-refractivity contribution in [3.63, 3.8) is 0 Å².